The van der Waals surface area contributed by atoms with E-state index in [-0.39, 0.29) is 23.3 Å². The second-order valence-corrected chi connectivity index (χ2v) is 8.97. The topological polar surface area (TPSA) is 105 Å². The Hall–Kier alpha value is -2.91. The number of hydrogen-bond acceptors (Lipinski definition) is 5. The summed E-state index contributed by atoms with van der Waals surface area (Å²) in [7, 11) is -0.685. The molecule has 8 nitrogen and oxygen atoms in total. The molecule has 9 heteroatoms. The van der Waals surface area contributed by atoms with Crippen LogP contribution < -0.4 is 10.0 Å². The maximum absolute atomic E-state index is 12.6. The predicted molar refractivity (Wildman–Crippen MR) is 120 cm³/mol. The monoisotopic (exact) mass is 447 g/mol. The van der Waals surface area contributed by atoms with Gasteiger partial charge in [0.25, 0.3) is 15.9 Å². The number of ether oxygens (including phenoxy) is 1. The Bertz CT molecular complexity index is 1020. The summed E-state index contributed by atoms with van der Waals surface area (Å²) in [6, 6.07) is 10.9. The third-order valence-corrected chi connectivity index (χ3v) is 6.14. The molecule has 0 aromatic heterocycles. The maximum Gasteiger partial charge on any atom is 0.261 e. The largest absolute Gasteiger partial charge is 0.385 e. The first-order valence-corrected chi connectivity index (χ1v) is 11.3. The van der Waals surface area contributed by atoms with Gasteiger partial charge < -0.3 is 15.0 Å². The summed E-state index contributed by atoms with van der Waals surface area (Å²) < 4.78 is 32.7. The van der Waals surface area contributed by atoms with Crippen LogP contribution in [0.4, 0.5) is 5.69 Å². The van der Waals surface area contributed by atoms with Crippen molar-refractivity contribution in [2.24, 2.45) is 0 Å². The lowest BCUT2D eigenvalue weighted by molar-refractivity contribution is -0.121. The number of amides is 2. The van der Waals surface area contributed by atoms with Crippen LogP contribution in [0.5, 0.6) is 0 Å². The van der Waals surface area contributed by atoms with Crippen molar-refractivity contribution < 1.29 is 22.7 Å². The van der Waals surface area contributed by atoms with E-state index in [9.17, 15) is 18.0 Å². The number of likely N-dealkylation sites (N-methyl/N-ethyl adjacent to an activating group) is 1. The molecule has 168 valence electrons. The van der Waals surface area contributed by atoms with E-state index in [1.165, 1.54) is 36.2 Å². The highest BCUT2D eigenvalue weighted by molar-refractivity contribution is 7.92. The van der Waals surface area contributed by atoms with Gasteiger partial charge in [0.1, 0.15) is 0 Å². The number of aryl methyl sites for hydroxylation is 2. The summed E-state index contributed by atoms with van der Waals surface area (Å²) in [6.07, 6.45) is 0.687. The first-order chi connectivity index (χ1) is 14.6. The summed E-state index contributed by atoms with van der Waals surface area (Å²) in [5.74, 6) is -0.651. The summed E-state index contributed by atoms with van der Waals surface area (Å²) >= 11 is 0. The molecule has 0 bridgehead atoms. The fourth-order valence-electron chi connectivity index (χ4n) is 2.80. The molecule has 2 amide bonds. The molecule has 2 rings (SSSR count). The predicted octanol–water partition coefficient (Wildman–Crippen LogP) is 2.33. The van der Waals surface area contributed by atoms with Crippen molar-refractivity contribution in [1.82, 2.24) is 10.2 Å². The molecule has 2 aromatic carbocycles. The molecule has 0 radical (unpaired) electrons. The Balaban J connectivity index is 2.00. The number of benzene rings is 2. The van der Waals surface area contributed by atoms with Gasteiger partial charge in [-0.25, -0.2) is 8.42 Å². The summed E-state index contributed by atoms with van der Waals surface area (Å²) in [5, 5.41) is 2.71. The van der Waals surface area contributed by atoms with E-state index in [0.717, 1.165) is 11.1 Å². The lowest BCUT2D eigenvalue weighted by Gasteiger charge is -2.17. The standard InChI is InChI=1S/C22H29N3O5S/c1-16-6-9-19(14-17(16)2)24-31(28,29)20-10-7-18(8-11-20)22(27)25(3)15-21(26)23-12-5-13-30-4/h6-11,14,24H,5,12-13,15H2,1-4H3,(H,23,26). The summed E-state index contributed by atoms with van der Waals surface area (Å²) in [5.41, 5.74) is 2.81. The number of anilines is 1. The zero-order chi connectivity index (χ0) is 23.0. The lowest BCUT2D eigenvalue weighted by atomic mass is 10.1. The summed E-state index contributed by atoms with van der Waals surface area (Å²) in [4.78, 5) is 25.8. The van der Waals surface area contributed by atoms with Crippen LogP contribution in [0.1, 0.15) is 27.9 Å². The van der Waals surface area contributed by atoms with Crippen LogP contribution in [-0.2, 0) is 19.6 Å². The lowest BCUT2D eigenvalue weighted by Crippen LogP contribution is -2.38. The highest BCUT2D eigenvalue weighted by Gasteiger charge is 2.18. The van der Waals surface area contributed by atoms with Crippen molar-refractivity contribution in [2.45, 2.75) is 25.2 Å². The van der Waals surface area contributed by atoms with E-state index >= 15 is 0 Å². The van der Waals surface area contributed by atoms with Crippen molar-refractivity contribution in [1.29, 1.82) is 0 Å². The molecule has 31 heavy (non-hydrogen) atoms. The summed E-state index contributed by atoms with van der Waals surface area (Å²) in [6.45, 7) is 4.77. The molecule has 0 atom stereocenters. The van der Waals surface area contributed by atoms with Crippen LogP contribution in [0.15, 0.2) is 47.4 Å². The van der Waals surface area contributed by atoms with E-state index in [1.54, 1.807) is 19.2 Å². The smallest absolute Gasteiger partial charge is 0.261 e. The van der Waals surface area contributed by atoms with Crippen LogP contribution in [0.2, 0.25) is 0 Å². The van der Waals surface area contributed by atoms with E-state index in [1.807, 2.05) is 19.9 Å². The Morgan fingerprint density at radius 2 is 1.71 bits per heavy atom. The van der Waals surface area contributed by atoms with E-state index in [4.69, 9.17) is 4.74 Å². The molecule has 0 aliphatic carbocycles. The Labute approximate surface area is 183 Å². The van der Waals surface area contributed by atoms with Crippen LogP contribution >= 0.6 is 0 Å². The van der Waals surface area contributed by atoms with Crippen molar-refractivity contribution in [3.8, 4) is 0 Å². The maximum atomic E-state index is 12.6. The number of carbonyl (C=O) groups excluding carboxylic acids is 2. The molecule has 0 spiro atoms. The minimum atomic E-state index is -3.79. The molecular weight excluding hydrogens is 418 g/mol. The Morgan fingerprint density at radius 3 is 2.32 bits per heavy atom. The molecular formula is C22H29N3O5S. The van der Waals surface area contributed by atoms with E-state index in [0.29, 0.717) is 30.8 Å². The third-order valence-electron chi connectivity index (χ3n) is 4.75. The zero-order valence-electron chi connectivity index (χ0n) is 18.3. The molecule has 0 unspecified atom stereocenters. The van der Waals surface area contributed by atoms with Gasteiger partial charge in [-0.2, -0.15) is 0 Å². The van der Waals surface area contributed by atoms with Crippen LogP contribution in [0.3, 0.4) is 0 Å². The van der Waals surface area contributed by atoms with Gasteiger partial charge in [-0.3, -0.25) is 14.3 Å². The SMILES string of the molecule is COCCCNC(=O)CN(C)C(=O)c1ccc(S(=O)(=O)Nc2ccc(C)c(C)c2)cc1. The molecule has 0 saturated carbocycles. The fraction of sp³-hybridized carbons (Fsp3) is 0.364. The normalized spacial score (nSPS) is 11.1. The number of methoxy groups -OCH3 is 1. The van der Waals surface area contributed by atoms with Gasteiger partial charge in [-0.15, -0.1) is 0 Å². The average Bonchev–Trinajstić information content (AvgIpc) is 2.73. The number of carbonyl (C=O) groups is 2. The third kappa shape index (κ3) is 7.08. The van der Waals surface area contributed by atoms with E-state index in [2.05, 4.69) is 10.0 Å². The average molecular weight is 448 g/mol. The Morgan fingerprint density at radius 1 is 1.03 bits per heavy atom. The minimum absolute atomic E-state index is 0.0424. The number of sulfonamides is 1. The van der Waals surface area contributed by atoms with Gasteiger partial charge in [0.05, 0.1) is 11.4 Å². The minimum Gasteiger partial charge on any atom is -0.385 e. The number of rotatable bonds is 10. The highest BCUT2D eigenvalue weighted by Crippen LogP contribution is 2.19. The van der Waals surface area contributed by atoms with Gasteiger partial charge in [-0.1, -0.05) is 6.07 Å². The Kier molecular flexibility index (Phi) is 8.58. The molecule has 0 heterocycles. The van der Waals surface area contributed by atoms with Crippen LogP contribution in [0.25, 0.3) is 0 Å². The van der Waals surface area contributed by atoms with Crippen molar-refractivity contribution >= 4 is 27.5 Å². The highest BCUT2D eigenvalue weighted by atomic mass is 32.2. The van der Waals surface area contributed by atoms with Gasteiger partial charge in [0.2, 0.25) is 5.91 Å². The van der Waals surface area contributed by atoms with Gasteiger partial charge in [-0.05, 0) is 67.8 Å². The van der Waals surface area contributed by atoms with Crippen molar-refractivity contribution in [3.05, 3.63) is 59.2 Å². The fourth-order valence-corrected chi connectivity index (χ4v) is 3.85. The van der Waals surface area contributed by atoms with Crippen molar-refractivity contribution in [2.75, 3.05) is 38.6 Å². The van der Waals surface area contributed by atoms with E-state index < -0.39 is 10.0 Å². The second kappa shape index (κ2) is 10.9. The molecule has 0 aliphatic heterocycles. The van der Waals surface area contributed by atoms with Gasteiger partial charge in [0.15, 0.2) is 0 Å². The second-order valence-electron chi connectivity index (χ2n) is 7.29. The van der Waals surface area contributed by atoms with Crippen LogP contribution in [-0.4, -0.2) is 59.0 Å². The number of nitrogens with one attached hydrogen (secondary N) is 2. The first-order valence-electron chi connectivity index (χ1n) is 9.85. The molecule has 2 N–H and O–H groups in total. The zero-order valence-corrected chi connectivity index (χ0v) is 19.1. The molecule has 0 aliphatic rings. The van der Waals surface area contributed by atoms with Crippen molar-refractivity contribution in [3.63, 3.8) is 0 Å². The first kappa shape index (κ1) is 24.4. The molecule has 2 aromatic rings. The number of hydrogen-bond donors (Lipinski definition) is 2. The van der Waals surface area contributed by atoms with Crippen LogP contribution in [0, 0.1) is 13.8 Å². The molecule has 0 saturated heterocycles. The van der Waals surface area contributed by atoms with Gasteiger partial charge >= 0.3 is 0 Å². The number of nitrogens with zero attached hydrogens (tertiary/aromatic N) is 1. The van der Waals surface area contributed by atoms with Gasteiger partial charge in [0, 0.05) is 38.6 Å². The molecule has 0 fully saturated rings. The quantitative estimate of drug-likeness (QED) is 0.544.